The molecular weight excluding hydrogens is 308 g/mol. The van der Waals surface area contributed by atoms with Gasteiger partial charge in [0.1, 0.15) is 6.33 Å². The van der Waals surface area contributed by atoms with Crippen LogP contribution in [0.1, 0.15) is 25.3 Å². The monoisotopic (exact) mass is 330 g/mol. The zero-order chi connectivity index (χ0) is 16.3. The summed E-state index contributed by atoms with van der Waals surface area (Å²) in [6.45, 7) is 3.80. The topological polar surface area (TPSA) is 51.0 Å². The summed E-state index contributed by atoms with van der Waals surface area (Å²) in [6.07, 6.45) is 3.24. The Balaban J connectivity index is 1.62. The van der Waals surface area contributed by atoms with Crippen LogP contribution in [0.2, 0.25) is 0 Å². The predicted molar refractivity (Wildman–Crippen MR) is 91.3 cm³/mol. The number of piperidine rings is 1. The van der Waals surface area contributed by atoms with E-state index in [1.807, 2.05) is 22.6 Å². The zero-order valence-corrected chi connectivity index (χ0v) is 14.4. The second kappa shape index (κ2) is 6.74. The van der Waals surface area contributed by atoms with Crippen LogP contribution in [0.15, 0.2) is 41.8 Å². The van der Waals surface area contributed by atoms with E-state index in [9.17, 15) is 4.79 Å². The van der Waals surface area contributed by atoms with Crippen LogP contribution in [0.4, 0.5) is 0 Å². The molecule has 1 atom stereocenters. The largest absolute Gasteiger partial charge is 0.341 e. The van der Waals surface area contributed by atoms with Gasteiger partial charge < -0.3 is 9.47 Å². The average Bonchev–Trinajstić information content (AvgIpc) is 2.97. The van der Waals surface area contributed by atoms with Crippen LogP contribution in [-0.4, -0.2) is 44.4 Å². The minimum absolute atomic E-state index is 0.0462. The first kappa shape index (κ1) is 16.1. The molecule has 1 amide bonds. The number of aromatic nitrogens is 3. The van der Waals surface area contributed by atoms with Crippen LogP contribution in [0.3, 0.4) is 0 Å². The Morgan fingerprint density at radius 2 is 2.09 bits per heavy atom. The Bertz CT molecular complexity index is 672. The van der Waals surface area contributed by atoms with Gasteiger partial charge in [-0.3, -0.25) is 4.79 Å². The highest BCUT2D eigenvalue weighted by Gasteiger charge is 2.35. The maximum atomic E-state index is 12.3. The third kappa shape index (κ3) is 3.58. The highest BCUT2D eigenvalue weighted by atomic mass is 32.2. The molecule has 1 saturated heterocycles. The van der Waals surface area contributed by atoms with Gasteiger partial charge >= 0.3 is 0 Å². The predicted octanol–water partition coefficient (Wildman–Crippen LogP) is 2.49. The first-order valence-corrected chi connectivity index (χ1v) is 8.87. The molecule has 1 aromatic carbocycles. The Morgan fingerprint density at radius 3 is 2.78 bits per heavy atom. The summed E-state index contributed by atoms with van der Waals surface area (Å²) < 4.78 is 1.90. The lowest BCUT2D eigenvalue weighted by atomic mass is 9.76. The molecule has 1 aliphatic rings. The molecule has 0 N–H and O–H groups in total. The van der Waals surface area contributed by atoms with E-state index in [0.717, 1.165) is 30.4 Å². The number of carbonyl (C=O) groups excluding carboxylic acids is 1. The number of benzene rings is 1. The van der Waals surface area contributed by atoms with Gasteiger partial charge in [0.2, 0.25) is 5.91 Å². The van der Waals surface area contributed by atoms with Gasteiger partial charge in [-0.2, -0.15) is 0 Å². The van der Waals surface area contributed by atoms with Gasteiger partial charge in [0, 0.05) is 37.7 Å². The minimum Gasteiger partial charge on any atom is -0.341 e. The molecule has 6 heteroatoms. The number of thioether (sulfide) groups is 1. The summed E-state index contributed by atoms with van der Waals surface area (Å²) >= 11 is 1.64. The van der Waals surface area contributed by atoms with Crippen LogP contribution in [-0.2, 0) is 17.3 Å². The van der Waals surface area contributed by atoms with Crippen molar-refractivity contribution in [3.8, 4) is 0 Å². The Morgan fingerprint density at radius 1 is 1.30 bits per heavy atom. The van der Waals surface area contributed by atoms with Crippen LogP contribution >= 0.6 is 11.8 Å². The fraction of sp³-hybridized carbons (Fsp3) is 0.471. The van der Waals surface area contributed by atoms with E-state index >= 15 is 0 Å². The standard InChI is InChI=1S/C17H22N4OS/c1-17(14-6-4-3-5-7-14)9-8-15(22)21(12-17)10-11-23-16-19-18-13-20(16)2/h3-7,13H,8-12H2,1-2H3/t17-/m0/s1. The van der Waals surface area contributed by atoms with Crippen molar-refractivity contribution in [2.24, 2.45) is 7.05 Å². The number of aryl methyl sites for hydroxylation is 1. The van der Waals surface area contributed by atoms with Crippen molar-refractivity contribution in [1.82, 2.24) is 19.7 Å². The lowest BCUT2D eigenvalue weighted by molar-refractivity contribution is -0.134. The number of carbonyl (C=O) groups is 1. The van der Waals surface area contributed by atoms with Crippen molar-refractivity contribution in [3.05, 3.63) is 42.2 Å². The molecule has 5 nitrogen and oxygen atoms in total. The van der Waals surface area contributed by atoms with E-state index in [-0.39, 0.29) is 11.3 Å². The molecule has 23 heavy (non-hydrogen) atoms. The first-order valence-electron chi connectivity index (χ1n) is 7.89. The Labute approximate surface area is 141 Å². The quantitative estimate of drug-likeness (QED) is 0.791. The lowest BCUT2D eigenvalue weighted by Crippen LogP contribution is -2.48. The summed E-state index contributed by atoms with van der Waals surface area (Å²) in [7, 11) is 1.93. The summed E-state index contributed by atoms with van der Waals surface area (Å²) in [5, 5.41) is 8.83. The van der Waals surface area contributed by atoms with Crippen LogP contribution in [0.25, 0.3) is 0 Å². The molecule has 3 rings (SSSR count). The number of amides is 1. The number of hydrogen-bond acceptors (Lipinski definition) is 4. The van der Waals surface area contributed by atoms with Gasteiger partial charge in [-0.05, 0) is 12.0 Å². The molecule has 0 saturated carbocycles. The zero-order valence-electron chi connectivity index (χ0n) is 13.6. The number of nitrogens with zero attached hydrogens (tertiary/aromatic N) is 4. The second-order valence-corrected chi connectivity index (χ2v) is 7.38. The van der Waals surface area contributed by atoms with E-state index in [4.69, 9.17) is 0 Å². The molecule has 122 valence electrons. The maximum absolute atomic E-state index is 12.3. The summed E-state index contributed by atoms with van der Waals surface area (Å²) in [6, 6.07) is 10.5. The van der Waals surface area contributed by atoms with Crippen molar-refractivity contribution in [2.75, 3.05) is 18.8 Å². The van der Waals surface area contributed by atoms with Crippen molar-refractivity contribution < 1.29 is 4.79 Å². The van der Waals surface area contributed by atoms with Gasteiger partial charge in [-0.1, -0.05) is 49.0 Å². The normalized spacial score (nSPS) is 21.7. The molecule has 0 unspecified atom stereocenters. The molecule has 2 heterocycles. The third-order valence-electron chi connectivity index (χ3n) is 4.52. The smallest absolute Gasteiger partial charge is 0.222 e. The van der Waals surface area contributed by atoms with E-state index in [0.29, 0.717) is 6.42 Å². The van der Waals surface area contributed by atoms with Crippen LogP contribution in [0, 0.1) is 0 Å². The van der Waals surface area contributed by atoms with Gasteiger partial charge in [0.25, 0.3) is 0 Å². The summed E-state index contributed by atoms with van der Waals surface area (Å²) in [4.78, 5) is 14.3. The van der Waals surface area contributed by atoms with Crippen molar-refractivity contribution >= 4 is 17.7 Å². The van der Waals surface area contributed by atoms with Gasteiger partial charge in [-0.15, -0.1) is 10.2 Å². The number of likely N-dealkylation sites (tertiary alicyclic amines) is 1. The first-order chi connectivity index (χ1) is 11.1. The molecule has 0 spiro atoms. The molecule has 2 aromatic rings. The van der Waals surface area contributed by atoms with Gasteiger partial charge in [0.05, 0.1) is 0 Å². The van der Waals surface area contributed by atoms with Crippen molar-refractivity contribution in [2.45, 2.75) is 30.3 Å². The fourth-order valence-electron chi connectivity index (χ4n) is 3.06. The Kier molecular flexibility index (Phi) is 4.71. The molecule has 1 aliphatic heterocycles. The maximum Gasteiger partial charge on any atom is 0.222 e. The molecule has 1 aromatic heterocycles. The minimum atomic E-state index is 0.0462. The number of rotatable bonds is 5. The third-order valence-corrected chi connectivity index (χ3v) is 5.53. The fourth-order valence-corrected chi connectivity index (χ4v) is 3.91. The van der Waals surface area contributed by atoms with Crippen LogP contribution < -0.4 is 0 Å². The van der Waals surface area contributed by atoms with Crippen molar-refractivity contribution in [3.63, 3.8) is 0 Å². The molecule has 0 bridgehead atoms. The number of hydrogen-bond donors (Lipinski definition) is 0. The highest BCUT2D eigenvalue weighted by molar-refractivity contribution is 7.99. The second-order valence-electron chi connectivity index (χ2n) is 6.31. The Hall–Kier alpha value is -1.82. The molecular formula is C17H22N4OS. The lowest BCUT2D eigenvalue weighted by Gasteiger charge is -2.40. The summed E-state index contributed by atoms with van der Waals surface area (Å²) in [5.41, 5.74) is 1.36. The van der Waals surface area contributed by atoms with E-state index in [1.165, 1.54) is 5.56 Å². The van der Waals surface area contributed by atoms with Crippen LogP contribution in [0.5, 0.6) is 0 Å². The van der Waals surface area contributed by atoms with E-state index in [2.05, 4.69) is 41.4 Å². The molecule has 1 fully saturated rings. The SMILES string of the molecule is Cn1cnnc1SCCN1C[C@@](C)(c2ccccc2)CCC1=O. The highest BCUT2D eigenvalue weighted by Crippen LogP contribution is 2.34. The molecule has 0 radical (unpaired) electrons. The van der Waals surface area contributed by atoms with E-state index < -0.39 is 0 Å². The van der Waals surface area contributed by atoms with Gasteiger partial charge in [-0.25, -0.2) is 0 Å². The molecule has 0 aliphatic carbocycles. The van der Waals surface area contributed by atoms with Crippen molar-refractivity contribution in [1.29, 1.82) is 0 Å². The average molecular weight is 330 g/mol. The van der Waals surface area contributed by atoms with Gasteiger partial charge in [0.15, 0.2) is 5.16 Å². The summed E-state index contributed by atoms with van der Waals surface area (Å²) in [5.74, 6) is 1.10. The van der Waals surface area contributed by atoms with E-state index in [1.54, 1.807) is 18.1 Å².